The number of aryl methyl sites for hydroxylation is 1. The second kappa shape index (κ2) is 11.1. The van der Waals surface area contributed by atoms with Crippen LogP contribution in [0.2, 0.25) is 0 Å². The first-order chi connectivity index (χ1) is 13.9. The third-order valence-corrected chi connectivity index (χ3v) is 4.46. The zero-order valence-corrected chi connectivity index (χ0v) is 17.5. The summed E-state index contributed by atoms with van der Waals surface area (Å²) in [6.45, 7) is 7.82. The van der Waals surface area contributed by atoms with Gasteiger partial charge in [0, 0.05) is 17.4 Å². The van der Waals surface area contributed by atoms with Gasteiger partial charge in [-0.25, -0.2) is 0 Å². The normalized spacial score (nSPS) is 10.5. The summed E-state index contributed by atoms with van der Waals surface area (Å²) >= 11 is 0. The van der Waals surface area contributed by atoms with Crippen LogP contribution >= 0.6 is 0 Å². The van der Waals surface area contributed by atoms with Crippen molar-refractivity contribution in [3.63, 3.8) is 0 Å². The first-order valence-electron chi connectivity index (χ1n) is 9.64. The van der Waals surface area contributed by atoms with E-state index >= 15 is 0 Å². The first kappa shape index (κ1) is 22.2. The molecule has 0 aliphatic rings. The van der Waals surface area contributed by atoms with Gasteiger partial charge in [-0.15, -0.1) is 0 Å². The molecule has 0 atom stereocenters. The molecule has 0 saturated carbocycles. The summed E-state index contributed by atoms with van der Waals surface area (Å²) < 4.78 is 10.6. The number of hydrogen-bond acceptors (Lipinski definition) is 5. The van der Waals surface area contributed by atoms with Gasteiger partial charge >= 0.3 is 0 Å². The molecule has 29 heavy (non-hydrogen) atoms. The van der Waals surface area contributed by atoms with Crippen LogP contribution in [0.25, 0.3) is 0 Å². The lowest BCUT2D eigenvalue weighted by atomic mass is 10.1. The summed E-state index contributed by atoms with van der Waals surface area (Å²) in [5, 5.41) is 5.71. The zero-order valence-electron chi connectivity index (χ0n) is 17.5. The maximum atomic E-state index is 12.2. The average Bonchev–Trinajstić information content (AvgIpc) is 2.72. The molecule has 7 heteroatoms. The van der Waals surface area contributed by atoms with E-state index < -0.39 is 0 Å². The Bertz CT molecular complexity index is 835. The van der Waals surface area contributed by atoms with E-state index in [2.05, 4.69) is 10.6 Å². The van der Waals surface area contributed by atoms with Crippen molar-refractivity contribution < 1.29 is 19.1 Å². The van der Waals surface area contributed by atoms with Crippen molar-refractivity contribution in [2.75, 3.05) is 44.0 Å². The smallest absolute Gasteiger partial charge is 0.262 e. The van der Waals surface area contributed by atoms with Crippen LogP contribution in [0.4, 0.5) is 11.4 Å². The van der Waals surface area contributed by atoms with E-state index in [-0.39, 0.29) is 18.4 Å². The fraction of sp³-hybridized carbons (Fsp3) is 0.364. The Morgan fingerprint density at radius 2 is 1.69 bits per heavy atom. The highest BCUT2D eigenvalue weighted by Gasteiger charge is 2.10. The molecule has 0 heterocycles. The van der Waals surface area contributed by atoms with Crippen molar-refractivity contribution in [2.24, 2.45) is 0 Å². The maximum Gasteiger partial charge on any atom is 0.262 e. The van der Waals surface area contributed by atoms with Crippen LogP contribution in [0.3, 0.4) is 0 Å². The number of hydrogen-bond donors (Lipinski definition) is 2. The van der Waals surface area contributed by atoms with E-state index in [1.807, 2.05) is 31.7 Å². The summed E-state index contributed by atoms with van der Waals surface area (Å²) in [4.78, 5) is 26.4. The Labute approximate surface area is 172 Å². The van der Waals surface area contributed by atoms with Crippen LogP contribution in [0.15, 0.2) is 42.5 Å². The topological polar surface area (TPSA) is 79.9 Å². The van der Waals surface area contributed by atoms with E-state index in [1.54, 1.807) is 43.5 Å². The molecule has 0 aliphatic carbocycles. The molecule has 2 aromatic rings. The van der Waals surface area contributed by atoms with E-state index in [0.717, 1.165) is 24.3 Å². The number of ether oxygens (including phenoxy) is 2. The number of nitrogens with one attached hydrogen (secondary N) is 2. The summed E-state index contributed by atoms with van der Waals surface area (Å²) in [6.07, 6.45) is 0. The highest BCUT2D eigenvalue weighted by Crippen LogP contribution is 2.21. The van der Waals surface area contributed by atoms with Crippen LogP contribution in [0.5, 0.6) is 11.5 Å². The third-order valence-electron chi connectivity index (χ3n) is 4.46. The molecule has 0 saturated heterocycles. The molecule has 7 nitrogen and oxygen atoms in total. The molecular formula is C22H29N3O4. The van der Waals surface area contributed by atoms with Crippen LogP contribution in [-0.2, 0) is 9.59 Å². The van der Waals surface area contributed by atoms with Gasteiger partial charge in [-0.05, 0) is 55.9 Å². The number of amides is 2. The minimum atomic E-state index is -0.273. The van der Waals surface area contributed by atoms with E-state index in [0.29, 0.717) is 23.7 Å². The first-order valence-corrected chi connectivity index (χ1v) is 9.64. The molecule has 0 unspecified atom stereocenters. The Morgan fingerprint density at radius 3 is 2.34 bits per heavy atom. The number of methoxy groups -OCH3 is 1. The predicted octanol–water partition coefficient (Wildman–Crippen LogP) is 3.30. The second-order valence-corrected chi connectivity index (χ2v) is 6.56. The van der Waals surface area contributed by atoms with Crippen molar-refractivity contribution in [2.45, 2.75) is 20.8 Å². The van der Waals surface area contributed by atoms with Gasteiger partial charge in [-0.1, -0.05) is 19.9 Å². The molecular weight excluding hydrogens is 370 g/mol. The lowest BCUT2D eigenvalue weighted by molar-refractivity contribution is -0.118. The molecule has 0 radical (unpaired) electrons. The van der Waals surface area contributed by atoms with Crippen LogP contribution in [0, 0.1) is 6.92 Å². The quantitative estimate of drug-likeness (QED) is 0.641. The van der Waals surface area contributed by atoms with Crippen molar-refractivity contribution in [3.8, 4) is 11.5 Å². The Kier molecular flexibility index (Phi) is 8.48. The minimum absolute atomic E-state index is 0.0553. The molecule has 2 rings (SSSR count). The third kappa shape index (κ3) is 7.12. The van der Waals surface area contributed by atoms with Gasteiger partial charge in [0.25, 0.3) is 5.91 Å². The van der Waals surface area contributed by atoms with Crippen molar-refractivity contribution in [1.82, 2.24) is 4.90 Å². The molecule has 0 fully saturated rings. The highest BCUT2D eigenvalue weighted by molar-refractivity contribution is 5.95. The predicted molar refractivity (Wildman–Crippen MR) is 115 cm³/mol. The fourth-order valence-corrected chi connectivity index (χ4v) is 2.76. The fourth-order valence-electron chi connectivity index (χ4n) is 2.76. The van der Waals surface area contributed by atoms with Crippen LogP contribution in [0.1, 0.15) is 19.4 Å². The van der Waals surface area contributed by atoms with Gasteiger partial charge in [0.15, 0.2) is 6.61 Å². The van der Waals surface area contributed by atoms with Crippen molar-refractivity contribution in [3.05, 3.63) is 48.0 Å². The molecule has 0 aliphatic heterocycles. The number of carbonyl (C=O) groups is 2. The Hall–Kier alpha value is -3.06. The van der Waals surface area contributed by atoms with Crippen LogP contribution < -0.4 is 20.1 Å². The Morgan fingerprint density at radius 1 is 0.966 bits per heavy atom. The summed E-state index contributed by atoms with van der Waals surface area (Å²) in [6, 6.07) is 12.4. The van der Waals surface area contributed by atoms with E-state index in [9.17, 15) is 9.59 Å². The van der Waals surface area contributed by atoms with Gasteiger partial charge in [0.05, 0.1) is 13.7 Å². The maximum absolute atomic E-state index is 12.2. The van der Waals surface area contributed by atoms with E-state index in [4.69, 9.17) is 9.47 Å². The lowest BCUT2D eigenvalue weighted by Crippen LogP contribution is -2.33. The molecule has 0 bridgehead atoms. The summed E-state index contributed by atoms with van der Waals surface area (Å²) in [7, 11) is 1.57. The van der Waals surface area contributed by atoms with Crippen molar-refractivity contribution in [1.29, 1.82) is 0 Å². The minimum Gasteiger partial charge on any atom is -0.497 e. The molecule has 2 amide bonds. The zero-order chi connectivity index (χ0) is 21.2. The number of nitrogens with zero attached hydrogens (tertiary/aromatic N) is 1. The second-order valence-electron chi connectivity index (χ2n) is 6.56. The van der Waals surface area contributed by atoms with E-state index in [1.165, 1.54) is 0 Å². The van der Waals surface area contributed by atoms with Crippen molar-refractivity contribution >= 4 is 23.2 Å². The van der Waals surface area contributed by atoms with Gasteiger partial charge in [-0.2, -0.15) is 0 Å². The molecule has 156 valence electrons. The number of benzene rings is 2. The number of anilines is 2. The number of carbonyl (C=O) groups excluding carboxylic acids is 2. The summed E-state index contributed by atoms with van der Waals surface area (Å²) in [5.74, 6) is 0.893. The van der Waals surface area contributed by atoms with Gasteiger partial charge < -0.3 is 20.1 Å². The van der Waals surface area contributed by atoms with Crippen LogP contribution in [-0.4, -0.2) is 50.1 Å². The number of likely N-dealkylation sites (N-methyl/N-ethyl adjacent to an activating group) is 1. The monoisotopic (exact) mass is 399 g/mol. The molecule has 2 aromatic carbocycles. The summed E-state index contributed by atoms with van der Waals surface area (Å²) in [5.41, 5.74) is 2.24. The molecule has 0 spiro atoms. The van der Waals surface area contributed by atoms with Gasteiger partial charge in [0.2, 0.25) is 5.91 Å². The standard InChI is InChI=1S/C22H29N3O4/c1-5-25(6-2)14-21(26)24-20-11-10-17(12-16(20)3)23-22(27)15-29-19-9-7-8-18(13-19)28-4/h7-13H,5-6,14-15H2,1-4H3,(H,23,27)(H,24,26). The van der Waals surface area contributed by atoms with Gasteiger partial charge in [-0.3, -0.25) is 14.5 Å². The average molecular weight is 399 g/mol. The van der Waals surface area contributed by atoms with Gasteiger partial charge in [0.1, 0.15) is 11.5 Å². The lowest BCUT2D eigenvalue weighted by Gasteiger charge is -2.18. The molecule has 2 N–H and O–H groups in total. The highest BCUT2D eigenvalue weighted by atomic mass is 16.5. The largest absolute Gasteiger partial charge is 0.497 e. The SMILES string of the molecule is CCN(CC)CC(=O)Nc1ccc(NC(=O)COc2cccc(OC)c2)cc1C. The molecule has 0 aromatic heterocycles. The Balaban J connectivity index is 1.88. The number of rotatable bonds is 10.